The maximum atomic E-state index is 14.0. The van der Waals surface area contributed by atoms with Crippen LogP contribution in [0, 0.1) is 29.1 Å². The van der Waals surface area contributed by atoms with E-state index in [1.54, 1.807) is 0 Å². The van der Waals surface area contributed by atoms with E-state index in [1.807, 2.05) is 0 Å². The maximum Gasteiger partial charge on any atom is 0.122 e. The summed E-state index contributed by atoms with van der Waals surface area (Å²) in [6, 6.07) is 0. The van der Waals surface area contributed by atoms with Crippen molar-refractivity contribution in [2.24, 2.45) is 29.1 Å². The molecule has 4 aliphatic carbocycles. The Bertz CT molecular complexity index is 279. The van der Waals surface area contributed by atoms with Gasteiger partial charge in [-0.3, -0.25) is 0 Å². The van der Waals surface area contributed by atoms with E-state index >= 15 is 0 Å². The monoisotopic (exact) mass is 170 g/mol. The first-order valence-electron chi connectivity index (χ1n) is 4.52. The van der Waals surface area contributed by atoms with Crippen molar-refractivity contribution in [3.8, 4) is 0 Å². The van der Waals surface area contributed by atoms with Gasteiger partial charge in [-0.15, -0.1) is 0 Å². The van der Waals surface area contributed by atoms with E-state index in [2.05, 4.69) is 19.6 Å². The van der Waals surface area contributed by atoms with Gasteiger partial charge < -0.3 is 0 Å². The van der Waals surface area contributed by atoms with E-state index in [1.165, 1.54) is 0 Å². The molecular weight excluding hydrogens is 159 g/mol. The van der Waals surface area contributed by atoms with Crippen molar-refractivity contribution in [1.29, 1.82) is 0 Å². The molecule has 0 N–H and O–H groups in total. The topological polar surface area (TPSA) is 0 Å². The standard InChI is InChI=1S/C9H11FS/c1-3-5-7-6(3)9(7)4(11)2-8(5,9)10/h3-7,11H,2H2,1H3. The van der Waals surface area contributed by atoms with Crippen LogP contribution in [-0.4, -0.2) is 10.9 Å². The third-order valence-electron chi connectivity index (χ3n) is 5.19. The van der Waals surface area contributed by atoms with Gasteiger partial charge in [0.25, 0.3) is 0 Å². The van der Waals surface area contributed by atoms with Crippen molar-refractivity contribution < 1.29 is 4.39 Å². The van der Waals surface area contributed by atoms with E-state index < -0.39 is 5.67 Å². The maximum absolute atomic E-state index is 14.0. The molecule has 0 amide bonds. The van der Waals surface area contributed by atoms with Crippen LogP contribution in [0.5, 0.6) is 0 Å². The number of hydrogen-bond donors (Lipinski definition) is 1. The molecule has 2 heteroatoms. The third kappa shape index (κ3) is 0.258. The summed E-state index contributed by atoms with van der Waals surface area (Å²) in [4.78, 5) is 0. The van der Waals surface area contributed by atoms with Gasteiger partial charge in [-0.2, -0.15) is 12.6 Å². The van der Waals surface area contributed by atoms with Gasteiger partial charge in [0.15, 0.2) is 0 Å². The van der Waals surface area contributed by atoms with Crippen LogP contribution >= 0.6 is 12.6 Å². The second-order valence-corrected chi connectivity index (χ2v) is 5.58. The lowest BCUT2D eigenvalue weighted by Crippen LogP contribution is -2.67. The van der Waals surface area contributed by atoms with Crippen molar-refractivity contribution in [2.45, 2.75) is 24.3 Å². The second-order valence-electron chi connectivity index (χ2n) is 4.95. The Hall–Kier alpha value is 0.280. The Morgan fingerprint density at radius 1 is 1.36 bits per heavy atom. The third-order valence-corrected chi connectivity index (χ3v) is 5.80. The first kappa shape index (κ1) is 5.85. The minimum Gasteiger partial charge on any atom is -0.243 e. The van der Waals surface area contributed by atoms with Gasteiger partial charge in [0.2, 0.25) is 0 Å². The van der Waals surface area contributed by atoms with Crippen LogP contribution in [-0.2, 0) is 0 Å². The Morgan fingerprint density at radius 3 is 2.45 bits per heavy atom. The number of rotatable bonds is 0. The van der Waals surface area contributed by atoms with E-state index in [4.69, 9.17) is 0 Å². The fraction of sp³-hybridized carbons (Fsp3) is 1.00. The molecule has 0 heterocycles. The summed E-state index contributed by atoms with van der Waals surface area (Å²) < 4.78 is 14.0. The minimum absolute atomic E-state index is 0.125. The average Bonchev–Trinajstić information content (AvgIpc) is 2.48. The second kappa shape index (κ2) is 1.11. The van der Waals surface area contributed by atoms with Crippen molar-refractivity contribution >= 4 is 12.6 Å². The SMILES string of the molecule is CC1C2C3C1C31C(S)CC21F. The van der Waals surface area contributed by atoms with Crippen molar-refractivity contribution in [3.05, 3.63) is 0 Å². The molecule has 60 valence electrons. The van der Waals surface area contributed by atoms with Gasteiger partial charge in [0.05, 0.1) is 0 Å². The summed E-state index contributed by atoms with van der Waals surface area (Å²) in [6.45, 7) is 2.22. The number of hydrogen-bond acceptors (Lipinski definition) is 1. The van der Waals surface area contributed by atoms with Gasteiger partial charge in [-0.05, 0) is 24.2 Å². The highest BCUT2D eigenvalue weighted by atomic mass is 32.1. The quantitative estimate of drug-likeness (QED) is 0.527. The van der Waals surface area contributed by atoms with Gasteiger partial charge in [0.1, 0.15) is 5.67 Å². The summed E-state index contributed by atoms with van der Waals surface area (Å²) in [6.07, 6.45) is 0.748. The molecule has 0 saturated heterocycles. The summed E-state index contributed by atoms with van der Waals surface area (Å²) in [7, 11) is 0. The van der Waals surface area contributed by atoms with E-state index in [9.17, 15) is 4.39 Å². The Labute approximate surface area is 71.0 Å². The predicted octanol–water partition coefficient (Wildman–Crippen LogP) is 1.91. The molecular formula is C9H11FS. The zero-order valence-electron chi connectivity index (χ0n) is 6.42. The smallest absolute Gasteiger partial charge is 0.122 e. The fourth-order valence-corrected chi connectivity index (χ4v) is 5.78. The van der Waals surface area contributed by atoms with Gasteiger partial charge in [-0.1, -0.05) is 6.92 Å². The van der Waals surface area contributed by atoms with Crippen LogP contribution in [0.15, 0.2) is 0 Å². The van der Waals surface area contributed by atoms with E-state index in [0.29, 0.717) is 17.1 Å². The lowest BCUT2D eigenvalue weighted by Gasteiger charge is -2.61. The van der Waals surface area contributed by atoms with E-state index in [0.717, 1.165) is 18.3 Å². The summed E-state index contributed by atoms with van der Waals surface area (Å²) >= 11 is 4.46. The van der Waals surface area contributed by atoms with Gasteiger partial charge in [-0.25, -0.2) is 4.39 Å². The molecule has 0 bridgehead atoms. The zero-order valence-corrected chi connectivity index (χ0v) is 7.31. The molecule has 11 heavy (non-hydrogen) atoms. The lowest BCUT2D eigenvalue weighted by molar-refractivity contribution is -0.165. The Morgan fingerprint density at radius 2 is 2.09 bits per heavy atom. The zero-order chi connectivity index (χ0) is 7.59. The van der Waals surface area contributed by atoms with Crippen LogP contribution in [0.3, 0.4) is 0 Å². The molecule has 0 aliphatic heterocycles. The number of fused-ring (bicyclic) bond motifs is 1. The first-order valence-corrected chi connectivity index (χ1v) is 5.04. The summed E-state index contributed by atoms with van der Waals surface area (Å²) in [5.41, 5.74) is -0.603. The number of alkyl halides is 1. The molecule has 4 fully saturated rings. The van der Waals surface area contributed by atoms with Crippen LogP contribution in [0.2, 0.25) is 0 Å². The summed E-state index contributed by atoms with van der Waals surface area (Å²) in [5.74, 6) is 2.66. The van der Waals surface area contributed by atoms with Crippen molar-refractivity contribution in [1.82, 2.24) is 0 Å². The van der Waals surface area contributed by atoms with E-state index in [-0.39, 0.29) is 5.41 Å². The Balaban J connectivity index is 1.90. The molecule has 4 rings (SSSR count). The molecule has 1 spiro atoms. The molecule has 4 saturated carbocycles. The van der Waals surface area contributed by atoms with Crippen molar-refractivity contribution in [3.63, 3.8) is 0 Å². The molecule has 7 unspecified atom stereocenters. The molecule has 0 nitrogen and oxygen atoms in total. The number of thiol groups is 1. The summed E-state index contributed by atoms with van der Waals surface area (Å²) in [5, 5.41) is 0.406. The van der Waals surface area contributed by atoms with Crippen molar-refractivity contribution in [2.75, 3.05) is 0 Å². The molecule has 0 aromatic rings. The minimum atomic E-state index is -0.728. The highest BCUT2D eigenvalue weighted by molar-refractivity contribution is 7.81. The van der Waals surface area contributed by atoms with Crippen LogP contribution in [0.25, 0.3) is 0 Å². The fourth-order valence-electron chi connectivity index (χ4n) is 4.95. The van der Waals surface area contributed by atoms with Crippen LogP contribution in [0.1, 0.15) is 13.3 Å². The van der Waals surface area contributed by atoms with Crippen LogP contribution < -0.4 is 0 Å². The molecule has 4 aliphatic rings. The normalized spacial score (nSPS) is 87.0. The molecule has 0 aromatic carbocycles. The Kier molecular flexibility index (Phi) is 0.588. The molecule has 7 atom stereocenters. The highest BCUT2D eigenvalue weighted by Crippen LogP contribution is 3.00. The average molecular weight is 170 g/mol. The first-order chi connectivity index (χ1) is 5.15. The van der Waals surface area contributed by atoms with Gasteiger partial charge >= 0.3 is 0 Å². The predicted molar refractivity (Wildman–Crippen MR) is 43.3 cm³/mol. The van der Waals surface area contributed by atoms with Gasteiger partial charge in [0, 0.05) is 16.6 Å². The largest absolute Gasteiger partial charge is 0.243 e. The molecule has 0 aromatic heterocycles. The van der Waals surface area contributed by atoms with Crippen LogP contribution in [0.4, 0.5) is 4.39 Å². The lowest BCUT2D eigenvalue weighted by atomic mass is 9.49. The number of halogens is 1. The molecule has 0 radical (unpaired) electrons. The highest BCUT2D eigenvalue weighted by Gasteiger charge is 3.03.